The van der Waals surface area contributed by atoms with Gasteiger partial charge < -0.3 is 10.1 Å². The van der Waals surface area contributed by atoms with E-state index in [0.717, 1.165) is 15.9 Å². The van der Waals surface area contributed by atoms with Gasteiger partial charge in [-0.1, -0.05) is 29.8 Å². The summed E-state index contributed by atoms with van der Waals surface area (Å²) in [6.45, 7) is 1.27. The molecule has 0 spiro atoms. The number of carbonyl (C=O) groups is 2. The number of ether oxygens (including phenoxy) is 1. The molecule has 2 aromatic carbocycles. The lowest BCUT2D eigenvalue weighted by Gasteiger charge is -2.06. The summed E-state index contributed by atoms with van der Waals surface area (Å²) in [4.78, 5) is 24.8. The maximum atomic E-state index is 11.9. The number of amides is 1. The first-order valence-electron chi connectivity index (χ1n) is 8.34. The van der Waals surface area contributed by atoms with Gasteiger partial charge in [0.15, 0.2) is 13.2 Å². The maximum Gasteiger partial charge on any atom is 0.330 e. The molecule has 0 bridgehead atoms. The van der Waals surface area contributed by atoms with Crippen LogP contribution >= 0.6 is 0 Å². The number of rotatable bonds is 6. The summed E-state index contributed by atoms with van der Waals surface area (Å²) in [7, 11) is 0. The molecule has 9 nitrogen and oxygen atoms in total. The van der Waals surface area contributed by atoms with Crippen LogP contribution in [0.5, 0.6) is 0 Å². The Morgan fingerprint density at radius 2 is 1.86 bits per heavy atom. The fourth-order valence-corrected chi connectivity index (χ4v) is 2.26. The van der Waals surface area contributed by atoms with Crippen LogP contribution in [-0.4, -0.2) is 38.7 Å². The summed E-state index contributed by atoms with van der Waals surface area (Å²) in [5, 5.41) is 23.2. The summed E-state index contributed by atoms with van der Waals surface area (Å²) in [6.07, 6.45) is 0. The van der Waals surface area contributed by atoms with Crippen molar-refractivity contribution in [3.8, 4) is 17.5 Å². The molecule has 1 amide bonds. The SMILES string of the molecule is Cc1ccc(-c2nnn(CC(=O)OCC(=O)Nc3ccc(C#N)cc3)n2)cc1. The number of tetrazole rings is 1. The molecule has 0 aliphatic carbocycles. The predicted molar refractivity (Wildman–Crippen MR) is 98.7 cm³/mol. The van der Waals surface area contributed by atoms with E-state index in [9.17, 15) is 9.59 Å². The van der Waals surface area contributed by atoms with Crippen molar-refractivity contribution in [2.75, 3.05) is 11.9 Å². The zero-order valence-electron chi connectivity index (χ0n) is 15.0. The number of benzene rings is 2. The van der Waals surface area contributed by atoms with E-state index >= 15 is 0 Å². The van der Waals surface area contributed by atoms with E-state index in [1.54, 1.807) is 24.3 Å². The molecule has 0 aliphatic heterocycles. The second-order valence-corrected chi connectivity index (χ2v) is 5.91. The molecular formula is C19H16N6O3. The average Bonchev–Trinajstić information content (AvgIpc) is 3.16. The van der Waals surface area contributed by atoms with Gasteiger partial charge in [0.1, 0.15) is 0 Å². The molecule has 140 valence electrons. The molecule has 0 atom stereocenters. The van der Waals surface area contributed by atoms with Crippen molar-refractivity contribution in [3.05, 3.63) is 59.7 Å². The molecular weight excluding hydrogens is 360 g/mol. The van der Waals surface area contributed by atoms with Crippen LogP contribution in [0.2, 0.25) is 0 Å². The second-order valence-electron chi connectivity index (χ2n) is 5.91. The molecule has 1 N–H and O–H groups in total. The lowest BCUT2D eigenvalue weighted by atomic mass is 10.1. The van der Waals surface area contributed by atoms with Gasteiger partial charge in [0.25, 0.3) is 5.91 Å². The minimum atomic E-state index is -0.664. The van der Waals surface area contributed by atoms with Gasteiger partial charge in [-0.15, -0.1) is 10.2 Å². The van der Waals surface area contributed by atoms with E-state index in [0.29, 0.717) is 17.1 Å². The third-order valence-corrected chi connectivity index (χ3v) is 3.70. The summed E-state index contributed by atoms with van der Waals surface area (Å²) >= 11 is 0. The van der Waals surface area contributed by atoms with Crippen molar-refractivity contribution in [1.29, 1.82) is 5.26 Å². The summed E-state index contributed by atoms with van der Waals surface area (Å²) in [5.41, 5.74) is 2.88. The van der Waals surface area contributed by atoms with Crippen LogP contribution in [0.25, 0.3) is 11.4 Å². The lowest BCUT2D eigenvalue weighted by Crippen LogP contribution is -2.23. The van der Waals surface area contributed by atoms with Gasteiger partial charge in [-0.25, -0.2) is 4.79 Å². The van der Waals surface area contributed by atoms with Gasteiger partial charge in [-0.05, 0) is 36.4 Å². The fraction of sp³-hybridized carbons (Fsp3) is 0.158. The van der Waals surface area contributed by atoms with E-state index in [1.807, 2.05) is 37.3 Å². The number of nitrogens with zero attached hydrogens (tertiary/aromatic N) is 5. The third kappa shape index (κ3) is 4.98. The highest BCUT2D eigenvalue weighted by molar-refractivity contribution is 5.92. The number of carbonyl (C=O) groups excluding carboxylic acids is 2. The minimum absolute atomic E-state index is 0.261. The lowest BCUT2D eigenvalue weighted by molar-refractivity contribution is -0.148. The van der Waals surface area contributed by atoms with Crippen LogP contribution in [0.15, 0.2) is 48.5 Å². The van der Waals surface area contributed by atoms with Gasteiger partial charge >= 0.3 is 5.97 Å². The number of hydrogen-bond acceptors (Lipinski definition) is 7. The van der Waals surface area contributed by atoms with E-state index in [4.69, 9.17) is 10.00 Å². The van der Waals surface area contributed by atoms with Gasteiger partial charge in [-0.2, -0.15) is 10.1 Å². The predicted octanol–water partition coefficient (Wildman–Crippen LogP) is 1.70. The number of aromatic nitrogens is 4. The Morgan fingerprint density at radius 3 is 2.54 bits per heavy atom. The van der Waals surface area contributed by atoms with Crippen molar-refractivity contribution in [2.24, 2.45) is 0 Å². The zero-order valence-corrected chi connectivity index (χ0v) is 15.0. The Hall–Kier alpha value is -4.06. The summed E-state index contributed by atoms with van der Waals surface area (Å²) < 4.78 is 4.92. The Bertz CT molecular complexity index is 1020. The highest BCUT2D eigenvalue weighted by Crippen LogP contribution is 2.14. The van der Waals surface area contributed by atoms with Crippen molar-refractivity contribution in [1.82, 2.24) is 20.2 Å². The number of nitrogens with one attached hydrogen (secondary N) is 1. The molecule has 3 rings (SSSR count). The number of aryl methyl sites for hydroxylation is 1. The summed E-state index contributed by atoms with van der Waals surface area (Å²) in [6, 6.07) is 15.9. The van der Waals surface area contributed by atoms with E-state index in [1.165, 1.54) is 0 Å². The molecule has 0 fully saturated rings. The molecule has 1 aromatic heterocycles. The van der Waals surface area contributed by atoms with Crippen molar-refractivity contribution in [3.63, 3.8) is 0 Å². The Morgan fingerprint density at radius 1 is 1.14 bits per heavy atom. The molecule has 0 aliphatic rings. The first-order valence-corrected chi connectivity index (χ1v) is 8.34. The van der Waals surface area contributed by atoms with Crippen LogP contribution in [0.1, 0.15) is 11.1 Å². The standard InChI is InChI=1S/C19H16N6O3/c1-13-2-6-15(7-3-13)19-22-24-25(23-19)11-18(27)28-12-17(26)21-16-8-4-14(10-20)5-9-16/h2-9H,11-12H2,1H3,(H,21,26). The fourth-order valence-electron chi connectivity index (χ4n) is 2.26. The Balaban J connectivity index is 1.48. The third-order valence-electron chi connectivity index (χ3n) is 3.70. The molecule has 1 heterocycles. The van der Waals surface area contributed by atoms with Crippen molar-refractivity contribution >= 4 is 17.6 Å². The van der Waals surface area contributed by atoms with Crippen LogP contribution in [0.3, 0.4) is 0 Å². The first-order chi connectivity index (χ1) is 13.5. The average molecular weight is 376 g/mol. The zero-order chi connectivity index (χ0) is 19.9. The Labute approximate surface area is 160 Å². The highest BCUT2D eigenvalue weighted by Gasteiger charge is 2.12. The molecule has 0 saturated carbocycles. The van der Waals surface area contributed by atoms with E-state index < -0.39 is 18.5 Å². The number of nitriles is 1. The number of hydrogen-bond donors (Lipinski definition) is 1. The molecule has 3 aromatic rings. The second kappa shape index (κ2) is 8.55. The van der Waals surface area contributed by atoms with E-state index in [2.05, 4.69) is 20.7 Å². The van der Waals surface area contributed by atoms with E-state index in [-0.39, 0.29) is 6.54 Å². The topological polar surface area (TPSA) is 123 Å². The minimum Gasteiger partial charge on any atom is -0.454 e. The van der Waals surface area contributed by atoms with Crippen LogP contribution in [-0.2, 0) is 20.9 Å². The number of esters is 1. The summed E-state index contributed by atoms with van der Waals surface area (Å²) in [5.74, 6) is -0.765. The smallest absolute Gasteiger partial charge is 0.330 e. The Kier molecular flexibility index (Phi) is 5.72. The van der Waals surface area contributed by atoms with Crippen molar-refractivity contribution < 1.29 is 14.3 Å². The van der Waals surface area contributed by atoms with Gasteiger partial charge in [0.2, 0.25) is 5.82 Å². The van der Waals surface area contributed by atoms with Gasteiger partial charge in [-0.3, -0.25) is 4.79 Å². The first kappa shape index (κ1) is 18.7. The molecule has 0 radical (unpaired) electrons. The van der Waals surface area contributed by atoms with Crippen LogP contribution in [0, 0.1) is 18.3 Å². The van der Waals surface area contributed by atoms with Gasteiger partial charge in [0, 0.05) is 11.3 Å². The molecule has 9 heteroatoms. The van der Waals surface area contributed by atoms with Crippen LogP contribution < -0.4 is 5.32 Å². The van der Waals surface area contributed by atoms with Crippen molar-refractivity contribution in [2.45, 2.75) is 13.5 Å². The maximum absolute atomic E-state index is 11.9. The number of anilines is 1. The quantitative estimate of drug-likeness (QED) is 0.650. The molecule has 0 saturated heterocycles. The normalized spacial score (nSPS) is 10.1. The van der Waals surface area contributed by atoms with Crippen LogP contribution in [0.4, 0.5) is 5.69 Å². The monoisotopic (exact) mass is 376 g/mol. The van der Waals surface area contributed by atoms with Gasteiger partial charge in [0.05, 0.1) is 11.6 Å². The molecule has 28 heavy (non-hydrogen) atoms. The molecule has 0 unspecified atom stereocenters. The largest absolute Gasteiger partial charge is 0.454 e. The highest BCUT2D eigenvalue weighted by atomic mass is 16.5.